The van der Waals surface area contributed by atoms with Crippen LogP contribution in [0.3, 0.4) is 0 Å². The van der Waals surface area contributed by atoms with Crippen LogP contribution in [0.25, 0.3) is 10.8 Å². The number of hydrogen-bond acceptors (Lipinski definition) is 4. The van der Waals surface area contributed by atoms with E-state index in [2.05, 4.69) is 15.1 Å². The maximum absolute atomic E-state index is 14.8. The molecule has 0 spiro atoms. The third-order valence-corrected chi connectivity index (χ3v) is 7.32. The number of aromatic amines is 1. The summed E-state index contributed by atoms with van der Waals surface area (Å²) in [6, 6.07) is 18.5. The van der Waals surface area contributed by atoms with Crippen LogP contribution in [0.15, 0.2) is 71.5 Å². The van der Waals surface area contributed by atoms with Crippen molar-refractivity contribution in [3.05, 3.63) is 111 Å². The van der Waals surface area contributed by atoms with Crippen molar-refractivity contribution in [2.75, 3.05) is 13.1 Å². The Morgan fingerprint density at radius 3 is 2.44 bits per heavy atom. The van der Waals surface area contributed by atoms with Gasteiger partial charge in [-0.15, -0.1) is 0 Å². The van der Waals surface area contributed by atoms with Crippen LogP contribution in [0.2, 0.25) is 0 Å². The molecule has 3 aromatic carbocycles. The Labute approximate surface area is 206 Å². The zero-order chi connectivity index (χ0) is 24.8. The average molecular weight is 487 g/mol. The monoisotopic (exact) mass is 486 g/mol. The van der Waals surface area contributed by atoms with Crippen molar-refractivity contribution in [2.45, 2.75) is 31.5 Å². The van der Waals surface area contributed by atoms with E-state index in [4.69, 9.17) is 0 Å². The number of halogens is 2. The minimum absolute atomic E-state index is 0.0239. The maximum Gasteiger partial charge on any atom is 0.272 e. The Morgan fingerprint density at radius 2 is 1.69 bits per heavy atom. The van der Waals surface area contributed by atoms with Crippen molar-refractivity contribution in [2.24, 2.45) is 0 Å². The number of aromatic nitrogens is 2. The number of carbonyl (C=O) groups excluding carboxylic acids is 1. The first-order valence-corrected chi connectivity index (χ1v) is 12.0. The van der Waals surface area contributed by atoms with E-state index in [0.29, 0.717) is 37.1 Å². The van der Waals surface area contributed by atoms with Crippen LogP contribution >= 0.6 is 0 Å². The summed E-state index contributed by atoms with van der Waals surface area (Å²) in [6.45, 7) is 1.95. The zero-order valence-corrected chi connectivity index (χ0v) is 19.5. The van der Waals surface area contributed by atoms with Gasteiger partial charge in [-0.2, -0.15) is 5.10 Å². The quantitative estimate of drug-likeness (QED) is 0.465. The highest BCUT2D eigenvalue weighted by molar-refractivity contribution is 5.95. The van der Waals surface area contributed by atoms with E-state index in [-0.39, 0.29) is 34.9 Å². The summed E-state index contributed by atoms with van der Waals surface area (Å²) >= 11 is 0. The van der Waals surface area contributed by atoms with Crippen LogP contribution in [0.4, 0.5) is 8.78 Å². The largest absolute Gasteiger partial charge is 0.333 e. The van der Waals surface area contributed by atoms with Gasteiger partial charge in [0.15, 0.2) is 0 Å². The molecule has 1 amide bonds. The number of amides is 1. The zero-order valence-electron chi connectivity index (χ0n) is 19.5. The Balaban J connectivity index is 1.19. The molecule has 8 heteroatoms. The van der Waals surface area contributed by atoms with Gasteiger partial charge in [-0.3, -0.25) is 14.5 Å². The van der Waals surface area contributed by atoms with Crippen LogP contribution < -0.4 is 5.56 Å². The molecular weight excluding hydrogens is 462 g/mol. The minimum atomic E-state index is -0.547. The highest BCUT2D eigenvalue weighted by Crippen LogP contribution is 2.33. The lowest BCUT2D eigenvalue weighted by atomic mass is 10.0. The van der Waals surface area contributed by atoms with Gasteiger partial charge in [-0.25, -0.2) is 13.9 Å². The molecule has 2 unspecified atom stereocenters. The van der Waals surface area contributed by atoms with Gasteiger partial charge in [0.25, 0.3) is 11.5 Å². The van der Waals surface area contributed by atoms with Gasteiger partial charge in [0.2, 0.25) is 0 Å². The number of fused-ring (bicyclic) bond motifs is 3. The molecule has 182 valence electrons. The highest BCUT2D eigenvalue weighted by atomic mass is 19.1. The number of piperazine rings is 1. The van der Waals surface area contributed by atoms with Crippen LogP contribution in [0.5, 0.6) is 0 Å². The summed E-state index contributed by atoms with van der Waals surface area (Å²) < 4.78 is 28.0. The summed E-state index contributed by atoms with van der Waals surface area (Å²) in [5.74, 6) is -1.11. The van der Waals surface area contributed by atoms with E-state index >= 15 is 0 Å². The number of nitrogens with zero attached hydrogens (tertiary/aromatic N) is 3. The average Bonchev–Trinajstić information content (AvgIpc) is 3.49. The molecule has 6 nitrogen and oxygen atoms in total. The van der Waals surface area contributed by atoms with Crippen molar-refractivity contribution in [3.63, 3.8) is 0 Å². The highest BCUT2D eigenvalue weighted by Gasteiger charge is 2.45. The number of likely N-dealkylation sites (tertiary alicyclic amines) is 2. The minimum Gasteiger partial charge on any atom is -0.333 e. The van der Waals surface area contributed by atoms with Crippen molar-refractivity contribution in [1.82, 2.24) is 20.0 Å². The van der Waals surface area contributed by atoms with Crippen LogP contribution in [0, 0.1) is 11.6 Å². The number of H-pyrrole nitrogens is 1. The molecule has 2 saturated heterocycles. The standard InChI is InChI=1S/C28H24F2N4O2/c29-19-8-5-17(6-9-19)14-33-15-21-13-20(33)16-34(21)28(36)24-11-18(7-10-25(24)30)12-26-22-3-1-2-4-23(22)27(35)32-31-26/h1-11,20-21H,12-16H2,(H,32,35). The molecule has 2 aliphatic rings. The summed E-state index contributed by atoms with van der Waals surface area (Å²) in [5, 5.41) is 8.00. The smallest absolute Gasteiger partial charge is 0.272 e. The molecule has 4 aromatic rings. The summed E-state index contributed by atoms with van der Waals surface area (Å²) in [5.41, 5.74) is 2.23. The van der Waals surface area contributed by atoms with Crippen LogP contribution in [-0.2, 0) is 13.0 Å². The summed E-state index contributed by atoms with van der Waals surface area (Å²) in [7, 11) is 0. The molecule has 1 aromatic heterocycles. The fourth-order valence-corrected chi connectivity index (χ4v) is 5.52. The fourth-order valence-electron chi connectivity index (χ4n) is 5.52. The van der Waals surface area contributed by atoms with E-state index in [9.17, 15) is 18.4 Å². The molecular formula is C28H24F2N4O2. The lowest BCUT2D eigenvalue weighted by Crippen LogP contribution is -2.48. The first-order valence-electron chi connectivity index (χ1n) is 12.0. The van der Waals surface area contributed by atoms with E-state index in [1.165, 1.54) is 18.2 Å². The van der Waals surface area contributed by atoms with Crippen molar-refractivity contribution in [1.29, 1.82) is 0 Å². The Morgan fingerprint density at radius 1 is 0.944 bits per heavy atom. The summed E-state index contributed by atoms with van der Waals surface area (Å²) in [4.78, 5) is 29.6. The van der Waals surface area contributed by atoms with Gasteiger partial charge >= 0.3 is 0 Å². The van der Waals surface area contributed by atoms with Crippen molar-refractivity contribution >= 4 is 16.7 Å². The van der Waals surface area contributed by atoms with Gasteiger partial charge in [0.05, 0.1) is 16.6 Å². The second-order valence-corrected chi connectivity index (χ2v) is 9.59. The Kier molecular flexibility index (Phi) is 5.60. The van der Waals surface area contributed by atoms with Crippen LogP contribution in [-0.4, -0.2) is 51.1 Å². The number of rotatable bonds is 5. The molecule has 0 aliphatic carbocycles. The molecule has 2 fully saturated rings. The molecule has 2 bridgehead atoms. The van der Waals surface area contributed by atoms with Gasteiger partial charge in [0.1, 0.15) is 11.6 Å². The maximum atomic E-state index is 14.8. The van der Waals surface area contributed by atoms with E-state index < -0.39 is 5.82 Å². The van der Waals surface area contributed by atoms with Crippen molar-refractivity contribution in [3.8, 4) is 0 Å². The lowest BCUT2D eigenvalue weighted by molar-refractivity contribution is 0.0611. The molecule has 2 aliphatic heterocycles. The number of carbonyl (C=O) groups is 1. The molecule has 0 saturated carbocycles. The topological polar surface area (TPSA) is 69.3 Å². The van der Waals surface area contributed by atoms with E-state index in [0.717, 1.165) is 22.9 Å². The van der Waals surface area contributed by atoms with Gasteiger partial charge < -0.3 is 4.90 Å². The normalized spacial score (nSPS) is 19.3. The lowest BCUT2D eigenvalue weighted by Gasteiger charge is -2.34. The first kappa shape index (κ1) is 22.5. The fraction of sp³-hybridized carbons (Fsp3) is 0.250. The molecule has 3 heterocycles. The van der Waals surface area contributed by atoms with Gasteiger partial charge in [-0.05, 0) is 47.9 Å². The predicted octanol–water partition coefficient (Wildman–Crippen LogP) is 3.89. The van der Waals surface area contributed by atoms with Crippen LogP contribution in [0.1, 0.15) is 33.6 Å². The van der Waals surface area contributed by atoms with Gasteiger partial charge in [0, 0.05) is 43.5 Å². The third kappa shape index (κ3) is 4.07. The Bertz CT molecular complexity index is 1520. The molecule has 1 N–H and O–H groups in total. The SMILES string of the molecule is O=C(c1cc(Cc2n[nH]c(=O)c3ccccc23)ccc1F)N1CC2CC1CN2Cc1ccc(F)cc1. The third-order valence-electron chi connectivity index (χ3n) is 7.32. The number of nitrogens with one attached hydrogen (secondary N) is 1. The second kappa shape index (κ2) is 8.95. The molecule has 0 radical (unpaired) electrons. The predicted molar refractivity (Wildman–Crippen MR) is 132 cm³/mol. The molecule has 2 atom stereocenters. The second-order valence-electron chi connectivity index (χ2n) is 9.59. The molecule has 36 heavy (non-hydrogen) atoms. The number of hydrogen-bond donors (Lipinski definition) is 1. The van der Waals surface area contributed by atoms with Gasteiger partial charge in [-0.1, -0.05) is 36.4 Å². The Hall–Kier alpha value is -3.91. The molecule has 6 rings (SSSR count). The van der Waals surface area contributed by atoms with E-state index in [1.54, 1.807) is 41.3 Å². The van der Waals surface area contributed by atoms with Crippen molar-refractivity contribution < 1.29 is 13.6 Å². The number of benzene rings is 3. The van der Waals surface area contributed by atoms with E-state index in [1.807, 2.05) is 12.1 Å². The first-order chi connectivity index (χ1) is 17.5. The summed E-state index contributed by atoms with van der Waals surface area (Å²) in [6.07, 6.45) is 1.21.